The van der Waals surface area contributed by atoms with Crippen molar-refractivity contribution in [2.75, 3.05) is 55.3 Å². The van der Waals surface area contributed by atoms with Gasteiger partial charge in [-0.2, -0.15) is 5.10 Å². The van der Waals surface area contributed by atoms with Crippen LogP contribution in [0.3, 0.4) is 0 Å². The summed E-state index contributed by atoms with van der Waals surface area (Å²) >= 11 is 0. The second kappa shape index (κ2) is 15.7. The standard InChI is InChI=1S/C38H44N10O4.C2H6/c1-44(25-11-16-45(17-12-25)31-6-4-7-32-28(31)15-20-47(32)33-9-10-35(50)41-37(33)51)38(52)46-18-13-26(14-19-46)48-23-24(22-40-48)29-21-30(42-43-36(29)39)27-5-2-3-8-34(27)49;1-2/h2-8,21-23,25-26,33,49H,9-20H2,1H3,(H2,39,43)(H,41,50,51);1-2H3. The average Bonchev–Trinajstić information content (AvgIpc) is 3.87. The molecule has 0 saturated carbocycles. The Morgan fingerprint density at radius 3 is 2.37 bits per heavy atom. The highest BCUT2D eigenvalue weighted by Gasteiger charge is 2.37. The minimum absolute atomic E-state index is 0.0749. The Morgan fingerprint density at radius 2 is 1.63 bits per heavy atom. The van der Waals surface area contributed by atoms with Crippen LogP contribution in [0.25, 0.3) is 22.4 Å². The first-order chi connectivity index (χ1) is 26.2. The van der Waals surface area contributed by atoms with E-state index in [0.29, 0.717) is 42.8 Å². The number of phenolic OH excluding ortho intramolecular Hbond substituents is 1. The summed E-state index contributed by atoms with van der Waals surface area (Å²) in [5.41, 5.74) is 12.4. The largest absolute Gasteiger partial charge is 0.507 e. The molecule has 2 aromatic heterocycles. The molecule has 0 aliphatic carbocycles. The van der Waals surface area contributed by atoms with Crippen LogP contribution in [0.5, 0.6) is 5.75 Å². The molecule has 6 heterocycles. The lowest BCUT2D eigenvalue weighted by molar-refractivity contribution is -0.134. The molecule has 2 aromatic carbocycles. The van der Waals surface area contributed by atoms with E-state index in [-0.39, 0.29) is 47.5 Å². The number of urea groups is 1. The van der Waals surface area contributed by atoms with Crippen molar-refractivity contribution in [3.05, 3.63) is 66.5 Å². The molecular weight excluding hydrogens is 685 g/mol. The van der Waals surface area contributed by atoms with Crippen molar-refractivity contribution in [3.63, 3.8) is 0 Å². The van der Waals surface area contributed by atoms with E-state index < -0.39 is 0 Å². The number of anilines is 3. The molecular formula is C40H50N10O4. The first-order valence-corrected chi connectivity index (χ1v) is 19.2. The van der Waals surface area contributed by atoms with Crippen LogP contribution < -0.4 is 20.9 Å². The Balaban J connectivity index is 0.00000221. The number of nitrogens with two attached hydrogens (primary N) is 1. The Bertz CT molecular complexity index is 2000. The van der Waals surface area contributed by atoms with Gasteiger partial charge < -0.3 is 30.4 Å². The number of carbonyl (C=O) groups excluding carboxylic acids is 3. The number of nitrogen functional groups attached to an aromatic ring is 1. The predicted octanol–water partition coefficient (Wildman–Crippen LogP) is 4.85. The van der Waals surface area contributed by atoms with Crippen LogP contribution in [-0.4, -0.2) is 105 Å². The number of rotatable bonds is 6. The molecule has 1 atom stereocenters. The van der Waals surface area contributed by atoms with Crippen molar-refractivity contribution in [1.82, 2.24) is 35.1 Å². The Labute approximate surface area is 315 Å². The second-order valence-corrected chi connectivity index (χ2v) is 14.3. The van der Waals surface area contributed by atoms with Gasteiger partial charge in [0.05, 0.1) is 17.9 Å². The third-order valence-corrected chi connectivity index (χ3v) is 11.3. The van der Waals surface area contributed by atoms with E-state index in [1.165, 1.54) is 11.3 Å². The van der Waals surface area contributed by atoms with Gasteiger partial charge in [0.15, 0.2) is 5.82 Å². The maximum Gasteiger partial charge on any atom is 0.319 e. The lowest BCUT2D eigenvalue weighted by Crippen LogP contribution is -2.52. The molecule has 0 spiro atoms. The predicted molar refractivity (Wildman–Crippen MR) is 208 cm³/mol. The van der Waals surface area contributed by atoms with E-state index in [2.05, 4.69) is 48.6 Å². The number of benzene rings is 2. The third-order valence-electron chi connectivity index (χ3n) is 11.3. The molecule has 54 heavy (non-hydrogen) atoms. The maximum atomic E-state index is 13.7. The monoisotopic (exact) mass is 734 g/mol. The van der Waals surface area contributed by atoms with Crippen LogP contribution in [0, 0.1) is 0 Å². The lowest BCUT2D eigenvalue weighted by Gasteiger charge is -2.41. The average molecular weight is 735 g/mol. The number of hydrogen-bond acceptors (Lipinski definition) is 10. The van der Waals surface area contributed by atoms with Crippen LogP contribution in [0.2, 0.25) is 0 Å². The van der Waals surface area contributed by atoms with E-state index in [0.717, 1.165) is 63.0 Å². The SMILES string of the molecule is CC.CN(C(=O)N1CCC(n2cc(-c3cc(-c4ccccc4O)nnc3N)cn2)CC1)C1CCN(c2cccc3c2CCN3C2CCC(=O)NC2=O)CC1. The molecule has 1 unspecified atom stereocenters. The molecule has 14 nitrogen and oxygen atoms in total. The van der Waals surface area contributed by atoms with Crippen molar-refractivity contribution >= 4 is 35.0 Å². The van der Waals surface area contributed by atoms with Crippen LogP contribution in [0.4, 0.5) is 22.0 Å². The van der Waals surface area contributed by atoms with Gasteiger partial charge in [-0.15, -0.1) is 10.2 Å². The first-order valence-electron chi connectivity index (χ1n) is 19.2. The number of amides is 4. The van der Waals surface area contributed by atoms with Gasteiger partial charge in [0.2, 0.25) is 11.8 Å². The summed E-state index contributed by atoms with van der Waals surface area (Å²) in [4.78, 5) is 46.5. The van der Waals surface area contributed by atoms with Gasteiger partial charge in [0.25, 0.3) is 0 Å². The summed E-state index contributed by atoms with van der Waals surface area (Å²) in [6.45, 7) is 7.78. The fraction of sp³-hybridized carbons (Fsp3) is 0.450. The lowest BCUT2D eigenvalue weighted by atomic mass is 10.0. The first kappa shape index (κ1) is 36.7. The normalized spacial score (nSPS) is 19.2. The van der Waals surface area contributed by atoms with Crippen molar-refractivity contribution in [3.8, 4) is 28.1 Å². The van der Waals surface area contributed by atoms with Gasteiger partial charge in [-0.25, -0.2) is 4.79 Å². The smallest absolute Gasteiger partial charge is 0.319 e. The summed E-state index contributed by atoms with van der Waals surface area (Å²) in [5, 5.41) is 25.8. The molecule has 0 bridgehead atoms. The van der Waals surface area contributed by atoms with Crippen LogP contribution in [0.15, 0.2) is 60.9 Å². The Kier molecular flexibility index (Phi) is 10.7. The van der Waals surface area contributed by atoms with Gasteiger partial charge in [-0.3, -0.25) is 19.6 Å². The number of nitrogens with one attached hydrogen (secondary N) is 1. The van der Waals surface area contributed by atoms with E-state index in [9.17, 15) is 19.5 Å². The van der Waals surface area contributed by atoms with E-state index in [4.69, 9.17) is 5.73 Å². The number of imide groups is 1. The molecule has 4 aromatic rings. The van der Waals surface area contributed by atoms with Crippen molar-refractivity contribution in [1.29, 1.82) is 0 Å². The number of likely N-dealkylation sites (tertiary alicyclic amines) is 1. The zero-order valence-corrected chi connectivity index (χ0v) is 31.3. The third kappa shape index (κ3) is 7.16. The van der Waals surface area contributed by atoms with Crippen LogP contribution in [0.1, 0.15) is 64.0 Å². The van der Waals surface area contributed by atoms with Crippen molar-refractivity contribution < 1.29 is 19.5 Å². The molecule has 14 heteroatoms. The fourth-order valence-electron chi connectivity index (χ4n) is 8.37. The van der Waals surface area contributed by atoms with E-state index in [1.807, 2.05) is 53.7 Å². The molecule has 4 aliphatic rings. The number of hydrogen-bond donors (Lipinski definition) is 3. The highest BCUT2D eigenvalue weighted by Crippen LogP contribution is 2.39. The molecule has 3 fully saturated rings. The number of para-hydroxylation sites is 1. The number of phenols is 1. The summed E-state index contributed by atoms with van der Waals surface area (Å²) < 4.78 is 1.96. The summed E-state index contributed by atoms with van der Waals surface area (Å²) in [6, 6.07) is 15.2. The number of piperidine rings is 3. The zero-order chi connectivity index (χ0) is 37.9. The van der Waals surface area contributed by atoms with Gasteiger partial charge in [0.1, 0.15) is 11.8 Å². The maximum absolute atomic E-state index is 13.7. The number of nitrogens with zero attached hydrogens (tertiary/aromatic N) is 8. The van der Waals surface area contributed by atoms with Crippen LogP contribution >= 0.6 is 0 Å². The minimum Gasteiger partial charge on any atom is -0.507 e. The quantitative estimate of drug-likeness (QED) is 0.233. The molecule has 4 N–H and O–H groups in total. The highest BCUT2D eigenvalue weighted by atomic mass is 16.3. The van der Waals surface area contributed by atoms with E-state index >= 15 is 0 Å². The summed E-state index contributed by atoms with van der Waals surface area (Å²) in [7, 11) is 1.93. The van der Waals surface area contributed by atoms with Crippen molar-refractivity contribution in [2.45, 2.75) is 76.9 Å². The fourth-order valence-corrected chi connectivity index (χ4v) is 8.37. The highest BCUT2D eigenvalue weighted by molar-refractivity contribution is 6.02. The zero-order valence-electron chi connectivity index (χ0n) is 31.3. The number of fused-ring (bicyclic) bond motifs is 1. The molecule has 8 rings (SSSR count). The second-order valence-electron chi connectivity index (χ2n) is 14.3. The molecule has 3 saturated heterocycles. The number of aromatic nitrogens is 4. The molecule has 284 valence electrons. The number of carbonyl (C=O) groups is 3. The molecule has 4 amide bonds. The van der Waals surface area contributed by atoms with Crippen LogP contribution in [-0.2, 0) is 16.0 Å². The van der Waals surface area contributed by atoms with Crippen molar-refractivity contribution in [2.24, 2.45) is 0 Å². The summed E-state index contributed by atoms with van der Waals surface area (Å²) in [5.74, 6) is 0.0181. The van der Waals surface area contributed by atoms with E-state index in [1.54, 1.807) is 24.4 Å². The topological polar surface area (TPSA) is 166 Å². The minimum atomic E-state index is -0.309. The van der Waals surface area contributed by atoms with Gasteiger partial charge in [-0.05, 0) is 68.9 Å². The van der Waals surface area contributed by atoms with Gasteiger partial charge in [0, 0.05) is 92.1 Å². The van der Waals surface area contributed by atoms with Gasteiger partial charge in [-0.1, -0.05) is 32.0 Å². The summed E-state index contributed by atoms with van der Waals surface area (Å²) in [6.07, 6.45) is 8.88. The Hall–Kier alpha value is -5.66. The number of aromatic hydroxyl groups is 1. The Morgan fingerprint density at radius 1 is 0.889 bits per heavy atom. The molecule has 4 aliphatic heterocycles. The molecule has 0 radical (unpaired) electrons. The van der Waals surface area contributed by atoms with Gasteiger partial charge >= 0.3 is 6.03 Å².